The van der Waals surface area contributed by atoms with E-state index in [9.17, 15) is 22.8 Å². The lowest BCUT2D eigenvalue weighted by atomic mass is 10.1. The van der Waals surface area contributed by atoms with Crippen LogP contribution in [-0.2, 0) is 11.3 Å². The van der Waals surface area contributed by atoms with Crippen molar-refractivity contribution in [1.29, 1.82) is 0 Å². The van der Waals surface area contributed by atoms with Crippen LogP contribution in [0.25, 0.3) is 10.8 Å². The Balaban J connectivity index is 2.46. The summed E-state index contributed by atoms with van der Waals surface area (Å²) in [5.41, 5.74) is -0.751. The second-order valence-electron chi connectivity index (χ2n) is 4.15. The number of hydrogen-bond donors (Lipinski definition) is 1. The van der Waals surface area contributed by atoms with Crippen LogP contribution in [0, 0.1) is 5.92 Å². The van der Waals surface area contributed by atoms with Gasteiger partial charge >= 0.3 is 12.1 Å². The minimum Gasteiger partial charge on any atom is -0.481 e. The average Bonchev–Trinajstić information content (AvgIpc) is 2.36. The smallest absolute Gasteiger partial charge is 0.404 e. The first kappa shape index (κ1) is 14.0. The van der Waals surface area contributed by atoms with Gasteiger partial charge in [-0.2, -0.15) is 18.3 Å². The molecule has 0 aliphatic carbocycles. The van der Waals surface area contributed by atoms with Crippen molar-refractivity contribution in [2.75, 3.05) is 0 Å². The molecule has 1 atom stereocenters. The fraction of sp³-hybridized carbons (Fsp3) is 0.250. The van der Waals surface area contributed by atoms with Crippen LogP contribution >= 0.6 is 0 Å². The van der Waals surface area contributed by atoms with Crippen molar-refractivity contribution in [1.82, 2.24) is 9.78 Å². The predicted octanol–water partition coefficient (Wildman–Crippen LogP) is 1.66. The first-order valence-electron chi connectivity index (χ1n) is 5.55. The zero-order chi connectivity index (χ0) is 14.9. The highest BCUT2D eigenvalue weighted by molar-refractivity contribution is 5.80. The van der Waals surface area contributed by atoms with Crippen LogP contribution in [-0.4, -0.2) is 27.0 Å². The molecular formula is C12H9F3N2O3. The molecule has 1 N–H and O–H groups in total. The monoisotopic (exact) mass is 286 g/mol. The van der Waals surface area contributed by atoms with Crippen LogP contribution in [0.1, 0.15) is 0 Å². The van der Waals surface area contributed by atoms with E-state index in [4.69, 9.17) is 5.11 Å². The van der Waals surface area contributed by atoms with Crippen LogP contribution in [0.3, 0.4) is 0 Å². The number of nitrogens with zero attached hydrogens (tertiary/aromatic N) is 2. The number of rotatable bonds is 3. The molecule has 106 valence electrons. The van der Waals surface area contributed by atoms with Crippen molar-refractivity contribution in [3.05, 3.63) is 40.8 Å². The minimum absolute atomic E-state index is 0.189. The molecule has 0 aliphatic heterocycles. The van der Waals surface area contributed by atoms with Crippen molar-refractivity contribution in [3.63, 3.8) is 0 Å². The Kier molecular flexibility index (Phi) is 3.47. The quantitative estimate of drug-likeness (QED) is 0.931. The Labute approximate surface area is 110 Å². The molecule has 1 heterocycles. The van der Waals surface area contributed by atoms with E-state index in [0.29, 0.717) is 10.1 Å². The third kappa shape index (κ3) is 2.63. The lowest BCUT2D eigenvalue weighted by Gasteiger charge is -2.16. The average molecular weight is 286 g/mol. The number of fused-ring (bicyclic) bond motifs is 1. The van der Waals surface area contributed by atoms with Gasteiger partial charge < -0.3 is 5.11 Å². The molecule has 0 bridgehead atoms. The van der Waals surface area contributed by atoms with Crippen molar-refractivity contribution in [3.8, 4) is 0 Å². The zero-order valence-corrected chi connectivity index (χ0v) is 9.96. The topological polar surface area (TPSA) is 72.2 Å². The van der Waals surface area contributed by atoms with Gasteiger partial charge in [0.25, 0.3) is 5.56 Å². The van der Waals surface area contributed by atoms with Gasteiger partial charge in [0, 0.05) is 5.39 Å². The lowest BCUT2D eigenvalue weighted by Crippen LogP contribution is -2.38. The molecule has 0 aliphatic rings. The van der Waals surface area contributed by atoms with Gasteiger partial charge in [-0.05, 0) is 6.07 Å². The maximum atomic E-state index is 12.6. The van der Waals surface area contributed by atoms with E-state index in [0.717, 1.165) is 0 Å². The molecule has 8 heteroatoms. The van der Waals surface area contributed by atoms with E-state index in [-0.39, 0.29) is 5.39 Å². The van der Waals surface area contributed by atoms with Crippen molar-refractivity contribution in [2.24, 2.45) is 5.92 Å². The molecule has 2 rings (SSSR count). The van der Waals surface area contributed by atoms with Crippen LogP contribution in [0.15, 0.2) is 35.3 Å². The molecular weight excluding hydrogens is 277 g/mol. The molecule has 0 saturated carbocycles. The summed E-state index contributed by atoms with van der Waals surface area (Å²) in [6, 6.07) is 6.25. The van der Waals surface area contributed by atoms with E-state index >= 15 is 0 Å². The molecule has 1 aromatic carbocycles. The fourth-order valence-electron chi connectivity index (χ4n) is 1.75. The standard InChI is InChI=1S/C12H9F3N2O3/c13-12(14,15)9(11(19)20)6-17-10(18)8-4-2-1-3-7(8)5-16-17/h1-5,9H,6H2,(H,19,20). The normalized spacial score (nSPS) is 13.3. The first-order chi connectivity index (χ1) is 9.30. The number of alkyl halides is 3. The molecule has 2 aromatic rings. The molecule has 1 aromatic heterocycles. The molecule has 5 nitrogen and oxygen atoms in total. The summed E-state index contributed by atoms with van der Waals surface area (Å²) in [7, 11) is 0. The molecule has 1 unspecified atom stereocenters. The number of halogens is 3. The summed E-state index contributed by atoms with van der Waals surface area (Å²) >= 11 is 0. The number of carboxylic acid groups (broad SMARTS) is 1. The summed E-state index contributed by atoms with van der Waals surface area (Å²) in [6.07, 6.45) is -3.72. The number of aromatic nitrogens is 2. The molecule has 0 spiro atoms. The third-order valence-corrected chi connectivity index (χ3v) is 2.81. The van der Waals surface area contributed by atoms with Gasteiger partial charge in [0.15, 0.2) is 5.92 Å². The van der Waals surface area contributed by atoms with Crippen molar-refractivity contribution >= 4 is 16.7 Å². The van der Waals surface area contributed by atoms with Crippen LogP contribution in [0.5, 0.6) is 0 Å². The first-order valence-corrected chi connectivity index (χ1v) is 5.55. The van der Waals surface area contributed by atoms with E-state index in [2.05, 4.69) is 5.10 Å². The highest BCUT2D eigenvalue weighted by Gasteiger charge is 2.45. The maximum Gasteiger partial charge on any atom is 0.404 e. The van der Waals surface area contributed by atoms with Crippen LogP contribution in [0.2, 0.25) is 0 Å². The fourth-order valence-corrected chi connectivity index (χ4v) is 1.75. The van der Waals surface area contributed by atoms with Gasteiger partial charge in [-0.15, -0.1) is 0 Å². The summed E-state index contributed by atoms with van der Waals surface area (Å²) in [5.74, 6) is -4.71. The minimum atomic E-state index is -4.95. The number of benzene rings is 1. The van der Waals surface area contributed by atoms with E-state index in [1.807, 2.05) is 0 Å². The Morgan fingerprint density at radius 1 is 1.35 bits per heavy atom. The predicted molar refractivity (Wildman–Crippen MR) is 63.2 cm³/mol. The van der Waals surface area contributed by atoms with E-state index < -0.39 is 30.2 Å². The number of aliphatic carboxylic acids is 1. The van der Waals surface area contributed by atoms with Gasteiger partial charge in [0.05, 0.1) is 18.1 Å². The molecule has 0 saturated heterocycles. The van der Waals surface area contributed by atoms with Gasteiger partial charge in [0.1, 0.15) is 0 Å². The Morgan fingerprint density at radius 3 is 2.60 bits per heavy atom. The Hall–Kier alpha value is -2.38. The summed E-state index contributed by atoms with van der Waals surface area (Å²) in [4.78, 5) is 22.6. The molecule has 0 amide bonds. The Morgan fingerprint density at radius 2 is 2.00 bits per heavy atom. The summed E-state index contributed by atoms with van der Waals surface area (Å²) in [6.45, 7) is -1.05. The second kappa shape index (κ2) is 4.95. The lowest BCUT2D eigenvalue weighted by molar-refractivity contribution is -0.196. The zero-order valence-electron chi connectivity index (χ0n) is 9.96. The number of carbonyl (C=O) groups is 1. The van der Waals surface area contributed by atoms with Gasteiger partial charge in [0.2, 0.25) is 0 Å². The third-order valence-electron chi connectivity index (χ3n) is 2.81. The largest absolute Gasteiger partial charge is 0.481 e. The SMILES string of the molecule is O=C(O)C(Cn1ncc2ccccc2c1=O)C(F)(F)F. The van der Waals surface area contributed by atoms with E-state index in [1.54, 1.807) is 18.2 Å². The highest BCUT2D eigenvalue weighted by atomic mass is 19.4. The molecule has 0 fully saturated rings. The van der Waals surface area contributed by atoms with Crippen LogP contribution < -0.4 is 5.56 Å². The molecule has 20 heavy (non-hydrogen) atoms. The van der Waals surface area contributed by atoms with Crippen molar-refractivity contribution < 1.29 is 23.1 Å². The number of hydrogen-bond acceptors (Lipinski definition) is 3. The van der Waals surface area contributed by atoms with Crippen LogP contribution in [0.4, 0.5) is 13.2 Å². The summed E-state index contributed by atoms with van der Waals surface area (Å²) < 4.78 is 38.3. The number of carboxylic acids is 1. The van der Waals surface area contributed by atoms with Crippen molar-refractivity contribution in [2.45, 2.75) is 12.7 Å². The second-order valence-corrected chi connectivity index (χ2v) is 4.15. The Bertz CT molecular complexity index is 709. The maximum absolute atomic E-state index is 12.6. The van der Waals surface area contributed by atoms with E-state index in [1.165, 1.54) is 12.3 Å². The molecule has 0 radical (unpaired) electrons. The summed E-state index contributed by atoms with van der Waals surface area (Å²) in [5, 5.41) is 12.9. The van der Waals surface area contributed by atoms with Gasteiger partial charge in [-0.3, -0.25) is 9.59 Å². The van der Waals surface area contributed by atoms with Gasteiger partial charge in [-0.25, -0.2) is 4.68 Å². The highest BCUT2D eigenvalue weighted by Crippen LogP contribution is 2.27. The van der Waals surface area contributed by atoms with Gasteiger partial charge in [-0.1, -0.05) is 18.2 Å².